The molecule has 0 aliphatic rings. The van der Waals surface area contributed by atoms with Crippen LogP contribution in [0.2, 0.25) is 0 Å². The highest BCUT2D eigenvalue weighted by atomic mass is 32.1. The SMILES string of the molecule is Cc1nc(-c2ccc(C=N)cc2)sc1C(=O)NC(C)C(O)(Cn1cncn1)c1ccc(F)cc1F. The summed E-state index contributed by atoms with van der Waals surface area (Å²) in [6.07, 6.45) is 3.85. The maximum absolute atomic E-state index is 14.7. The van der Waals surface area contributed by atoms with E-state index in [9.17, 15) is 18.7 Å². The summed E-state index contributed by atoms with van der Waals surface area (Å²) in [5, 5.41) is 26.2. The zero-order chi connectivity index (χ0) is 25.2. The maximum Gasteiger partial charge on any atom is 0.263 e. The summed E-state index contributed by atoms with van der Waals surface area (Å²) in [7, 11) is 0. The fourth-order valence-electron chi connectivity index (χ4n) is 3.69. The number of carbonyl (C=O) groups excluding carboxylic acids is 1. The number of amides is 1. The number of aliphatic hydroxyl groups is 1. The van der Waals surface area contributed by atoms with E-state index < -0.39 is 29.2 Å². The van der Waals surface area contributed by atoms with Crippen LogP contribution in [-0.2, 0) is 12.1 Å². The van der Waals surface area contributed by atoms with E-state index in [0.717, 1.165) is 23.3 Å². The van der Waals surface area contributed by atoms with Crippen LogP contribution >= 0.6 is 11.3 Å². The monoisotopic (exact) mass is 496 g/mol. The highest BCUT2D eigenvalue weighted by Gasteiger charge is 2.40. The minimum absolute atomic E-state index is 0.185. The Kier molecular flexibility index (Phi) is 6.81. The smallest absolute Gasteiger partial charge is 0.263 e. The number of aryl methyl sites for hydroxylation is 1. The molecule has 2 unspecified atom stereocenters. The van der Waals surface area contributed by atoms with Gasteiger partial charge in [-0.15, -0.1) is 11.3 Å². The standard InChI is InChI=1S/C24H22F2N6O2S/c1-14-21(35-23(30-14)17-5-3-16(10-27)4-6-17)22(33)31-15(2)24(34,11-32-13-28-12-29-32)19-8-7-18(25)9-20(19)26/h3-10,12-13,15,27,34H,11H2,1-2H3,(H,31,33). The molecule has 2 atom stereocenters. The highest BCUT2D eigenvalue weighted by molar-refractivity contribution is 7.17. The molecule has 11 heteroatoms. The average Bonchev–Trinajstić information content (AvgIpc) is 3.48. The Labute approximate surface area is 203 Å². The third-order valence-corrected chi connectivity index (χ3v) is 6.86. The molecule has 2 aromatic carbocycles. The van der Waals surface area contributed by atoms with Gasteiger partial charge in [-0.1, -0.05) is 30.3 Å². The van der Waals surface area contributed by atoms with Crippen LogP contribution < -0.4 is 5.32 Å². The van der Waals surface area contributed by atoms with Crippen molar-refractivity contribution in [1.29, 1.82) is 5.41 Å². The number of carbonyl (C=O) groups is 1. The van der Waals surface area contributed by atoms with E-state index in [1.54, 1.807) is 19.1 Å². The molecule has 4 aromatic rings. The van der Waals surface area contributed by atoms with Crippen LogP contribution in [0.1, 0.15) is 33.4 Å². The highest BCUT2D eigenvalue weighted by Crippen LogP contribution is 2.32. The Morgan fingerprint density at radius 1 is 1.29 bits per heavy atom. The molecule has 35 heavy (non-hydrogen) atoms. The van der Waals surface area contributed by atoms with E-state index in [1.165, 1.54) is 41.8 Å². The maximum atomic E-state index is 14.7. The lowest BCUT2D eigenvalue weighted by Crippen LogP contribution is -2.51. The Morgan fingerprint density at radius 2 is 2.03 bits per heavy atom. The van der Waals surface area contributed by atoms with Crippen LogP contribution in [-0.4, -0.2) is 43.0 Å². The summed E-state index contributed by atoms with van der Waals surface area (Å²) >= 11 is 1.18. The number of halogens is 2. The summed E-state index contributed by atoms with van der Waals surface area (Å²) in [5.74, 6) is -2.22. The molecular formula is C24H22F2N6O2S. The predicted octanol–water partition coefficient (Wildman–Crippen LogP) is 3.69. The molecule has 2 aromatic heterocycles. The zero-order valence-electron chi connectivity index (χ0n) is 18.9. The van der Waals surface area contributed by atoms with Gasteiger partial charge >= 0.3 is 0 Å². The van der Waals surface area contributed by atoms with Crippen LogP contribution in [0.25, 0.3) is 10.6 Å². The summed E-state index contributed by atoms with van der Waals surface area (Å²) in [5.41, 5.74) is -0.111. The van der Waals surface area contributed by atoms with Crippen molar-refractivity contribution in [2.75, 3.05) is 0 Å². The van der Waals surface area contributed by atoms with Gasteiger partial charge in [0, 0.05) is 23.4 Å². The minimum atomic E-state index is -1.97. The van der Waals surface area contributed by atoms with Gasteiger partial charge in [0.2, 0.25) is 0 Å². The van der Waals surface area contributed by atoms with Gasteiger partial charge < -0.3 is 15.8 Å². The number of hydrogen-bond donors (Lipinski definition) is 3. The van der Waals surface area contributed by atoms with E-state index in [2.05, 4.69) is 20.4 Å². The summed E-state index contributed by atoms with van der Waals surface area (Å²) in [4.78, 5) is 21.8. The minimum Gasteiger partial charge on any atom is -0.381 e. The Balaban J connectivity index is 1.62. The Morgan fingerprint density at radius 3 is 2.66 bits per heavy atom. The zero-order valence-corrected chi connectivity index (χ0v) is 19.7. The number of rotatable bonds is 8. The van der Waals surface area contributed by atoms with Crippen molar-refractivity contribution < 1.29 is 18.7 Å². The van der Waals surface area contributed by atoms with Gasteiger partial charge in [-0.05, 0) is 25.5 Å². The molecule has 8 nitrogen and oxygen atoms in total. The molecular weight excluding hydrogens is 474 g/mol. The van der Waals surface area contributed by atoms with Crippen molar-refractivity contribution in [1.82, 2.24) is 25.1 Å². The van der Waals surface area contributed by atoms with Gasteiger partial charge in [0.1, 0.15) is 39.8 Å². The molecule has 0 aliphatic carbocycles. The quantitative estimate of drug-likeness (QED) is 0.322. The van der Waals surface area contributed by atoms with Crippen LogP contribution in [0.3, 0.4) is 0 Å². The van der Waals surface area contributed by atoms with Gasteiger partial charge in [0.25, 0.3) is 5.91 Å². The molecule has 3 N–H and O–H groups in total. The van der Waals surface area contributed by atoms with E-state index >= 15 is 0 Å². The molecule has 0 saturated heterocycles. The van der Waals surface area contributed by atoms with E-state index in [0.29, 0.717) is 21.6 Å². The molecule has 0 radical (unpaired) electrons. The largest absolute Gasteiger partial charge is 0.381 e. The van der Waals surface area contributed by atoms with E-state index in [1.807, 2.05) is 12.1 Å². The van der Waals surface area contributed by atoms with Crippen LogP contribution in [0.4, 0.5) is 8.78 Å². The first-order chi connectivity index (χ1) is 16.7. The number of hydrogen-bond acceptors (Lipinski definition) is 7. The van der Waals surface area contributed by atoms with Gasteiger partial charge in [0.05, 0.1) is 18.3 Å². The van der Waals surface area contributed by atoms with Crippen molar-refractivity contribution in [2.45, 2.75) is 32.0 Å². The normalized spacial score (nSPS) is 13.7. The molecule has 2 heterocycles. The summed E-state index contributed by atoms with van der Waals surface area (Å²) in [6.45, 7) is 3.00. The molecule has 0 bridgehead atoms. The molecule has 0 fully saturated rings. The van der Waals surface area contributed by atoms with Gasteiger partial charge in [0.15, 0.2) is 0 Å². The molecule has 1 amide bonds. The second-order valence-electron chi connectivity index (χ2n) is 8.04. The van der Waals surface area contributed by atoms with Gasteiger partial charge in [-0.2, -0.15) is 5.10 Å². The second-order valence-corrected chi connectivity index (χ2v) is 9.04. The number of thiazole rings is 1. The second kappa shape index (κ2) is 9.80. The fraction of sp³-hybridized carbons (Fsp3) is 0.208. The lowest BCUT2D eigenvalue weighted by molar-refractivity contribution is -0.0185. The van der Waals surface area contributed by atoms with Crippen LogP contribution in [0.5, 0.6) is 0 Å². The van der Waals surface area contributed by atoms with Gasteiger partial charge in [-0.3, -0.25) is 4.79 Å². The number of aromatic nitrogens is 4. The molecule has 180 valence electrons. The van der Waals surface area contributed by atoms with E-state index in [-0.39, 0.29) is 12.1 Å². The van der Waals surface area contributed by atoms with Crippen molar-refractivity contribution in [3.63, 3.8) is 0 Å². The molecule has 0 saturated carbocycles. The lowest BCUT2D eigenvalue weighted by Gasteiger charge is -2.35. The van der Waals surface area contributed by atoms with Crippen molar-refractivity contribution in [3.8, 4) is 10.6 Å². The number of nitrogens with zero attached hydrogens (tertiary/aromatic N) is 4. The average molecular weight is 497 g/mol. The van der Waals surface area contributed by atoms with E-state index in [4.69, 9.17) is 5.41 Å². The molecule has 4 rings (SSSR count). The van der Waals surface area contributed by atoms with Crippen molar-refractivity contribution >= 4 is 23.5 Å². The first-order valence-corrected chi connectivity index (χ1v) is 11.4. The van der Waals surface area contributed by atoms with Gasteiger partial charge in [-0.25, -0.2) is 23.4 Å². The molecule has 0 spiro atoms. The Bertz CT molecular complexity index is 1360. The lowest BCUT2D eigenvalue weighted by atomic mass is 9.86. The summed E-state index contributed by atoms with van der Waals surface area (Å²) < 4.78 is 29.6. The molecule has 0 aliphatic heterocycles. The summed E-state index contributed by atoms with van der Waals surface area (Å²) in [6, 6.07) is 9.07. The van der Waals surface area contributed by atoms with Crippen molar-refractivity contribution in [2.24, 2.45) is 0 Å². The number of nitrogens with one attached hydrogen (secondary N) is 2. The first-order valence-electron chi connectivity index (χ1n) is 10.6. The van der Waals surface area contributed by atoms with Crippen LogP contribution in [0.15, 0.2) is 55.1 Å². The third-order valence-electron chi connectivity index (χ3n) is 5.66. The first kappa shape index (κ1) is 24.3. The predicted molar refractivity (Wildman–Crippen MR) is 127 cm³/mol. The Hall–Kier alpha value is -3.83. The number of benzene rings is 2. The van der Waals surface area contributed by atoms with Crippen molar-refractivity contribution in [3.05, 3.63) is 88.5 Å². The fourth-order valence-corrected chi connectivity index (χ4v) is 4.67. The topological polar surface area (TPSA) is 117 Å². The van der Waals surface area contributed by atoms with Crippen LogP contribution in [0, 0.1) is 24.0 Å². The third kappa shape index (κ3) is 5.00.